The van der Waals surface area contributed by atoms with Crippen LogP contribution in [-0.4, -0.2) is 32.0 Å². The first kappa shape index (κ1) is 20.9. The van der Waals surface area contributed by atoms with Crippen molar-refractivity contribution in [2.45, 2.75) is 13.1 Å². The zero-order valence-corrected chi connectivity index (χ0v) is 19.3. The van der Waals surface area contributed by atoms with E-state index >= 15 is 0 Å². The van der Waals surface area contributed by atoms with E-state index in [2.05, 4.69) is 63.9 Å². The number of hydrogen-bond donors (Lipinski definition) is 0. The first-order valence-electron chi connectivity index (χ1n) is 11.5. The molecule has 0 atom stereocenters. The molecule has 7 nitrogen and oxygen atoms in total. The monoisotopic (exact) mass is 460 g/mol. The second kappa shape index (κ2) is 8.95. The fourth-order valence-electron chi connectivity index (χ4n) is 4.37. The fourth-order valence-corrected chi connectivity index (χ4v) is 4.37. The van der Waals surface area contributed by atoms with Crippen molar-refractivity contribution in [1.82, 2.24) is 24.9 Å². The fraction of sp³-hybridized carbons (Fsp3) is 0.107. The van der Waals surface area contributed by atoms with E-state index in [0.29, 0.717) is 13.1 Å². The second-order valence-corrected chi connectivity index (χ2v) is 8.38. The second-order valence-electron chi connectivity index (χ2n) is 8.38. The highest BCUT2D eigenvalue weighted by molar-refractivity contribution is 5.89. The number of hydrogen-bond acceptors (Lipinski definition) is 5. The molecule has 0 saturated carbocycles. The normalized spacial score (nSPS) is 11.2. The maximum atomic E-state index is 5.55. The Balaban J connectivity index is 1.58. The predicted octanol–water partition coefficient (Wildman–Crippen LogP) is 5.12. The molecule has 0 spiro atoms. The Labute approximate surface area is 202 Å². The van der Waals surface area contributed by atoms with Gasteiger partial charge in [0.1, 0.15) is 11.3 Å². The van der Waals surface area contributed by atoms with Crippen LogP contribution in [0.1, 0.15) is 11.1 Å². The molecule has 0 bridgehead atoms. The number of aromatic nitrogens is 5. The van der Waals surface area contributed by atoms with Crippen molar-refractivity contribution in [1.29, 1.82) is 0 Å². The van der Waals surface area contributed by atoms with Crippen LogP contribution in [0.2, 0.25) is 0 Å². The molecular formula is C28H24N6O. The highest BCUT2D eigenvalue weighted by Gasteiger charge is 2.22. The third kappa shape index (κ3) is 3.97. The summed E-state index contributed by atoms with van der Waals surface area (Å²) < 4.78 is 7.42. The standard InChI is InChI=1S/C28H24N6O/c1-35-23-16-17-25-24(18-23)28(33-27-15-9-8-14-26(27)29-31-33)34(30-25)32(19-21-10-4-2-5-11-21)20-22-12-6-3-7-13-22/h2-18H,19-20H2,1H3. The number of nitrogens with zero attached hydrogens (tertiary/aromatic N) is 6. The van der Waals surface area contributed by atoms with Crippen LogP contribution in [0.25, 0.3) is 27.8 Å². The molecule has 0 aliphatic rings. The number of methoxy groups -OCH3 is 1. The van der Waals surface area contributed by atoms with Gasteiger partial charge in [-0.3, -0.25) is 5.01 Å². The van der Waals surface area contributed by atoms with Gasteiger partial charge in [0.15, 0.2) is 5.82 Å². The van der Waals surface area contributed by atoms with Crippen LogP contribution in [0.5, 0.6) is 5.75 Å². The average Bonchev–Trinajstić information content (AvgIpc) is 3.50. The Morgan fingerprint density at radius 3 is 2.09 bits per heavy atom. The highest BCUT2D eigenvalue weighted by Crippen LogP contribution is 2.29. The number of benzene rings is 4. The van der Waals surface area contributed by atoms with Gasteiger partial charge in [-0.25, -0.2) is 0 Å². The summed E-state index contributed by atoms with van der Waals surface area (Å²) in [7, 11) is 1.67. The lowest BCUT2D eigenvalue weighted by Gasteiger charge is -2.26. The Morgan fingerprint density at radius 2 is 1.40 bits per heavy atom. The van der Waals surface area contributed by atoms with Crippen LogP contribution in [0.3, 0.4) is 0 Å². The van der Waals surface area contributed by atoms with E-state index in [-0.39, 0.29) is 0 Å². The van der Waals surface area contributed by atoms with E-state index in [1.54, 1.807) is 7.11 Å². The van der Waals surface area contributed by atoms with Crippen LogP contribution >= 0.6 is 0 Å². The summed E-state index contributed by atoms with van der Waals surface area (Å²) in [4.78, 5) is 1.96. The molecule has 0 saturated heterocycles. The Bertz CT molecular complexity index is 1550. The molecule has 0 radical (unpaired) electrons. The molecule has 172 valence electrons. The van der Waals surface area contributed by atoms with Crippen LogP contribution < -0.4 is 9.75 Å². The van der Waals surface area contributed by atoms with E-state index in [0.717, 1.165) is 33.5 Å². The average molecular weight is 461 g/mol. The number of para-hydroxylation sites is 1. The molecule has 6 rings (SSSR count). The molecule has 0 N–H and O–H groups in total. The molecule has 0 amide bonds. The molecule has 0 fully saturated rings. The van der Waals surface area contributed by atoms with Gasteiger partial charge >= 0.3 is 0 Å². The van der Waals surface area contributed by atoms with Crippen molar-refractivity contribution in [2.24, 2.45) is 0 Å². The predicted molar refractivity (Wildman–Crippen MR) is 137 cm³/mol. The smallest absolute Gasteiger partial charge is 0.185 e. The summed E-state index contributed by atoms with van der Waals surface area (Å²) in [5.74, 6) is 1.58. The van der Waals surface area contributed by atoms with Crippen LogP contribution in [0.4, 0.5) is 0 Å². The van der Waals surface area contributed by atoms with Gasteiger partial charge in [-0.1, -0.05) is 78.0 Å². The minimum Gasteiger partial charge on any atom is -0.497 e. The van der Waals surface area contributed by atoms with Crippen molar-refractivity contribution < 1.29 is 4.74 Å². The van der Waals surface area contributed by atoms with E-state index in [1.165, 1.54) is 11.1 Å². The van der Waals surface area contributed by atoms with Crippen molar-refractivity contribution in [3.8, 4) is 11.6 Å². The lowest BCUT2D eigenvalue weighted by atomic mass is 10.2. The lowest BCUT2D eigenvalue weighted by molar-refractivity contribution is 0.415. The van der Waals surface area contributed by atoms with Gasteiger partial charge in [0.25, 0.3) is 0 Å². The maximum Gasteiger partial charge on any atom is 0.185 e. The first-order chi connectivity index (χ1) is 17.3. The van der Waals surface area contributed by atoms with E-state index in [9.17, 15) is 0 Å². The van der Waals surface area contributed by atoms with Crippen molar-refractivity contribution in [3.05, 3.63) is 114 Å². The molecule has 4 aromatic carbocycles. The molecule has 0 unspecified atom stereocenters. The first-order valence-corrected chi connectivity index (χ1v) is 11.5. The number of ether oxygens (including phenoxy) is 1. The van der Waals surface area contributed by atoms with Crippen LogP contribution in [0, 0.1) is 0 Å². The molecule has 6 aromatic rings. The lowest BCUT2D eigenvalue weighted by Crippen LogP contribution is -2.36. The van der Waals surface area contributed by atoms with Gasteiger partial charge in [-0.15, -0.1) is 5.10 Å². The molecule has 7 heteroatoms. The minimum absolute atomic E-state index is 0.667. The maximum absolute atomic E-state index is 5.55. The van der Waals surface area contributed by atoms with Gasteiger partial charge in [0.05, 0.1) is 36.6 Å². The molecular weight excluding hydrogens is 436 g/mol. The minimum atomic E-state index is 0.667. The van der Waals surface area contributed by atoms with Crippen molar-refractivity contribution >= 4 is 21.9 Å². The van der Waals surface area contributed by atoms with Gasteiger partial charge in [0, 0.05) is 0 Å². The van der Waals surface area contributed by atoms with E-state index < -0.39 is 0 Å². The van der Waals surface area contributed by atoms with Crippen LogP contribution in [-0.2, 0) is 13.1 Å². The van der Waals surface area contributed by atoms with Crippen molar-refractivity contribution in [2.75, 3.05) is 12.1 Å². The van der Waals surface area contributed by atoms with Gasteiger partial charge in [-0.05, 0) is 41.5 Å². The number of rotatable bonds is 7. The van der Waals surface area contributed by atoms with Gasteiger partial charge in [-0.2, -0.15) is 14.6 Å². The highest BCUT2D eigenvalue weighted by atomic mass is 16.5. The van der Waals surface area contributed by atoms with Crippen LogP contribution in [0.15, 0.2) is 103 Å². The van der Waals surface area contributed by atoms with E-state index in [4.69, 9.17) is 9.84 Å². The number of fused-ring (bicyclic) bond motifs is 2. The Hall–Kier alpha value is -4.65. The summed E-state index contributed by atoms with van der Waals surface area (Å²) >= 11 is 0. The summed E-state index contributed by atoms with van der Waals surface area (Å²) in [6.45, 7) is 1.33. The molecule has 2 aromatic heterocycles. The SMILES string of the molecule is COc1ccc2nn(N(Cc3ccccc3)Cc3ccccc3)c(-n3nnc4ccccc43)c2c1. The zero-order valence-electron chi connectivity index (χ0n) is 19.3. The summed E-state index contributed by atoms with van der Waals surface area (Å²) in [5.41, 5.74) is 4.98. The molecule has 0 aliphatic carbocycles. The molecule has 35 heavy (non-hydrogen) atoms. The van der Waals surface area contributed by atoms with Gasteiger partial charge < -0.3 is 4.74 Å². The van der Waals surface area contributed by atoms with Gasteiger partial charge in [0.2, 0.25) is 0 Å². The largest absolute Gasteiger partial charge is 0.497 e. The van der Waals surface area contributed by atoms with E-state index in [1.807, 2.05) is 64.1 Å². The zero-order chi connectivity index (χ0) is 23.6. The quantitative estimate of drug-likeness (QED) is 0.331. The third-order valence-corrected chi connectivity index (χ3v) is 6.07. The molecule has 2 heterocycles. The Kier molecular flexibility index (Phi) is 5.35. The Morgan fingerprint density at radius 1 is 0.743 bits per heavy atom. The van der Waals surface area contributed by atoms with Crippen molar-refractivity contribution in [3.63, 3.8) is 0 Å². The molecule has 0 aliphatic heterocycles. The summed E-state index contributed by atoms with van der Waals surface area (Å²) in [6.07, 6.45) is 0. The summed E-state index contributed by atoms with van der Waals surface area (Å²) in [6, 6.07) is 34.7. The third-order valence-electron chi connectivity index (χ3n) is 6.07. The summed E-state index contributed by atoms with van der Waals surface area (Å²) in [5, 5.41) is 17.2. The topological polar surface area (TPSA) is 61.0 Å².